The van der Waals surface area contributed by atoms with Gasteiger partial charge >= 0.3 is 0 Å². The maximum atomic E-state index is 13.7. The number of ketones is 2. The topological polar surface area (TPSA) is 59.9 Å². The molecule has 0 atom stereocenters. The number of aromatic nitrogens is 2. The van der Waals surface area contributed by atoms with E-state index in [0.717, 1.165) is 6.07 Å². The van der Waals surface area contributed by atoms with Crippen molar-refractivity contribution in [3.05, 3.63) is 57.9 Å². The predicted molar refractivity (Wildman–Crippen MR) is 60.3 cm³/mol. The van der Waals surface area contributed by atoms with Crippen LogP contribution in [-0.4, -0.2) is 21.5 Å². The monoisotopic (exact) mass is 262 g/mol. The Labute approximate surface area is 105 Å². The van der Waals surface area contributed by atoms with Crippen molar-refractivity contribution in [1.82, 2.24) is 9.97 Å². The van der Waals surface area contributed by atoms with Crippen LogP contribution in [0.1, 0.15) is 32.1 Å². The molecule has 18 heavy (non-hydrogen) atoms. The Bertz CT molecular complexity index is 655. The first-order valence-corrected chi connectivity index (χ1v) is 5.37. The van der Waals surface area contributed by atoms with Crippen molar-refractivity contribution in [3.8, 4) is 0 Å². The summed E-state index contributed by atoms with van der Waals surface area (Å²) in [6.45, 7) is 0. The Morgan fingerprint density at radius 1 is 0.944 bits per heavy atom. The lowest BCUT2D eigenvalue weighted by Gasteiger charge is -2.16. The van der Waals surface area contributed by atoms with E-state index in [9.17, 15) is 14.0 Å². The molecular formula is C12H4ClFN2O2. The number of fused-ring (bicyclic) bond motifs is 2. The molecule has 1 aliphatic rings. The van der Waals surface area contributed by atoms with Crippen LogP contribution >= 0.6 is 11.6 Å². The molecule has 0 fully saturated rings. The average Bonchev–Trinajstić information content (AvgIpc) is 2.38. The van der Waals surface area contributed by atoms with Crippen LogP contribution in [0.2, 0.25) is 5.02 Å². The number of rotatable bonds is 0. The third-order valence-electron chi connectivity index (χ3n) is 2.69. The predicted octanol–water partition coefficient (Wildman–Crippen LogP) is 2.04. The second-order valence-corrected chi connectivity index (χ2v) is 4.10. The lowest BCUT2D eigenvalue weighted by atomic mass is 9.89. The number of carbonyl (C=O) groups excluding carboxylic acids is 2. The highest BCUT2D eigenvalue weighted by Gasteiger charge is 2.35. The molecule has 0 saturated heterocycles. The summed E-state index contributed by atoms with van der Waals surface area (Å²) in [6, 6.07) is 2.29. The molecule has 0 aliphatic heterocycles. The molecule has 88 valence electrons. The minimum Gasteiger partial charge on any atom is -0.287 e. The van der Waals surface area contributed by atoms with Crippen molar-refractivity contribution in [2.24, 2.45) is 0 Å². The maximum absolute atomic E-state index is 13.7. The summed E-state index contributed by atoms with van der Waals surface area (Å²) in [7, 11) is 0. The first-order valence-electron chi connectivity index (χ1n) is 4.99. The van der Waals surface area contributed by atoms with Crippen LogP contribution in [0, 0.1) is 5.82 Å². The molecule has 1 aliphatic carbocycles. The minimum atomic E-state index is -0.788. The molecule has 3 rings (SSSR count). The molecule has 6 heteroatoms. The Kier molecular flexibility index (Phi) is 2.24. The molecule has 0 unspecified atom stereocenters. The summed E-state index contributed by atoms with van der Waals surface area (Å²) in [4.78, 5) is 31.8. The van der Waals surface area contributed by atoms with Crippen molar-refractivity contribution >= 4 is 23.2 Å². The first-order chi connectivity index (χ1) is 8.61. The smallest absolute Gasteiger partial charge is 0.217 e. The van der Waals surface area contributed by atoms with Gasteiger partial charge in [0.05, 0.1) is 16.1 Å². The standard InChI is InChI=1S/C12H4ClFN2O2/c13-5-1-2-6(14)8-7(5)11(17)9-10(12(8)18)16-4-3-15-9/h1-4H. The number of nitrogens with zero attached hydrogens (tertiary/aromatic N) is 2. The van der Waals surface area contributed by atoms with Gasteiger partial charge in [0, 0.05) is 12.4 Å². The van der Waals surface area contributed by atoms with Gasteiger partial charge in [0.2, 0.25) is 11.6 Å². The van der Waals surface area contributed by atoms with Gasteiger partial charge in [-0.1, -0.05) is 11.6 Å². The zero-order valence-electron chi connectivity index (χ0n) is 8.78. The lowest BCUT2D eigenvalue weighted by molar-refractivity contribution is 0.0968. The fourth-order valence-corrected chi connectivity index (χ4v) is 2.15. The van der Waals surface area contributed by atoms with Gasteiger partial charge in [-0.3, -0.25) is 9.59 Å². The van der Waals surface area contributed by atoms with Gasteiger partial charge in [0.1, 0.15) is 17.2 Å². The maximum Gasteiger partial charge on any atom is 0.217 e. The molecule has 0 N–H and O–H groups in total. The van der Waals surface area contributed by atoms with Crippen LogP contribution < -0.4 is 0 Å². The Hall–Kier alpha value is -2.14. The third-order valence-corrected chi connectivity index (χ3v) is 3.00. The highest BCUT2D eigenvalue weighted by molar-refractivity contribution is 6.38. The number of hydrogen-bond acceptors (Lipinski definition) is 4. The lowest BCUT2D eigenvalue weighted by Crippen LogP contribution is -2.25. The fourth-order valence-electron chi connectivity index (χ4n) is 1.90. The van der Waals surface area contributed by atoms with Gasteiger partial charge in [-0.05, 0) is 12.1 Å². The van der Waals surface area contributed by atoms with Crippen LogP contribution in [0.15, 0.2) is 24.5 Å². The highest BCUT2D eigenvalue weighted by Crippen LogP contribution is 2.31. The SMILES string of the molecule is O=C1c2nccnc2C(=O)c2c(Cl)ccc(F)c21. The molecule has 4 nitrogen and oxygen atoms in total. The summed E-state index contributed by atoms with van der Waals surface area (Å²) in [5, 5.41) is 0.0288. The van der Waals surface area contributed by atoms with E-state index in [2.05, 4.69) is 9.97 Å². The van der Waals surface area contributed by atoms with Gasteiger partial charge < -0.3 is 0 Å². The molecule has 1 aromatic heterocycles. The van der Waals surface area contributed by atoms with E-state index < -0.39 is 17.4 Å². The van der Waals surface area contributed by atoms with Crippen LogP contribution in [0.5, 0.6) is 0 Å². The number of carbonyl (C=O) groups is 2. The molecule has 0 amide bonds. The van der Waals surface area contributed by atoms with Gasteiger partial charge in [0.25, 0.3) is 0 Å². The van der Waals surface area contributed by atoms with E-state index >= 15 is 0 Å². The average molecular weight is 263 g/mol. The molecule has 0 saturated carbocycles. The van der Waals surface area contributed by atoms with Gasteiger partial charge in [-0.2, -0.15) is 0 Å². The summed E-state index contributed by atoms with van der Waals surface area (Å²) >= 11 is 5.85. The second kappa shape index (κ2) is 3.68. The van der Waals surface area contributed by atoms with Crippen molar-refractivity contribution < 1.29 is 14.0 Å². The Morgan fingerprint density at radius 2 is 1.50 bits per heavy atom. The van der Waals surface area contributed by atoms with E-state index in [1.165, 1.54) is 18.5 Å². The summed E-state index contributed by atoms with van der Waals surface area (Å²) in [6.07, 6.45) is 2.57. The molecule has 1 aromatic carbocycles. The van der Waals surface area contributed by atoms with E-state index in [4.69, 9.17) is 11.6 Å². The molecular weight excluding hydrogens is 259 g/mol. The zero-order chi connectivity index (χ0) is 12.9. The van der Waals surface area contributed by atoms with Crippen LogP contribution in [0.25, 0.3) is 0 Å². The van der Waals surface area contributed by atoms with E-state index in [0.29, 0.717) is 0 Å². The Balaban J connectivity index is 2.41. The van der Waals surface area contributed by atoms with Crippen molar-refractivity contribution in [2.75, 3.05) is 0 Å². The largest absolute Gasteiger partial charge is 0.287 e. The molecule has 2 aromatic rings. The van der Waals surface area contributed by atoms with Crippen LogP contribution in [0.4, 0.5) is 4.39 Å². The van der Waals surface area contributed by atoms with E-state index in [1.807, 2.05) is 0 Å². The highest BCUT2D eigenvalue weighted by atomic mass is 35.5. The third kappa shape index (κ3) is 1.31. The second-order valence-electron chi connectivity index (χ2n) is 3.69. The van der Waals surface area contributed by atoms with E-state index in [-0.39, 0.29) is 27.5 Å². The zero-order valence-corrected chi connectivity index (χ0v) is 9.53. The number of halogens is 2. The van der Waals surface area contributed by atoms with Crippen molar-refractivity contribution in [1.29, 1.82) is 0 Å². The normalized spacial score (nSPS) is 13.2. The summed E-state index contributed by atoms with van der Waals surface area (Å²) < 4.78 is 13.7. The Morgan fingerprint density at radius 3 is 2.11 bits per heavy atom. The first kappa shape index (κ1) is 11.0. The van der Waals surface area contributed by atoms with Gasteiger partial charge in [0.15, 0.2) is 0 Å². The number of benzene rings is 1. The van der Waals surface area contributed by atoms with Crippen molar-refractivity contribution in [3.63, 3.8) is 0 Å². The molecule has 1 heterocycles. The fraction of sp³-hybridized carbons (Fsp3) is 0. The molecule has 0 bridgehead atoms. The molecule has 0 spiro atoms. The summed E-state index contributed by atoms with van der Waals surface area (Å²) in [5.41, 5.74) is -0.714. The number of hydrogen-bond donors (Lipinski definition) is 0. The summed E-state index contributed by atoms with van der Waals surface area (Å²) in [5.74, 6) is -2.05. The van der Waals surface area contributed by atoms with Gasteiger partial charge in [-0.15, -0.1) is 0 Å². The van der Waals surface area contributed by atoms with Crippen LogP contribution in [0.3, 0.4) is 0 Å². The van der Waals surface area contributed by atoms with Gasteiger partial charge in [-0.25, -0.2) is 14.4 Å². The minimum absolute atomic E-state index is 0.0288. The van der Waals surface area contributed by atoms with Crippen molar-refractivity contribution in [2.45, 2.75) is 0 Å². The molecule has 0 radical (unpaired) electrons. The quantitative estimate of drug-likeness (QED) is 0.622. The van der Waals surface area contributed by atoms with E-state index in [1.54, 1.807) is 0 Å². The van der Waals surface area contributed by atoms with Crippen LogP contribution in [-0.2, 0) is 0 Å².